The van der Waals surface area contributed by atoms with E-state index in [0.29, 0.717) is 0 Å². The Morgan fingerprint density at radius 3 is 1.45 bits per heavy atom. The van der Waals surface area contributed by atoms with Crippen LogP contribution in [0.5, 0.6) is 0 Å². The summed E-state index contributed by atoms with van der Waals surface area (Å²) < 4.78 is 34.6. The van der Waals surface area contributed by atoms with E-state index in [0.717, 1.165) is 0 Å². The lowest BCUT2D eigenvalue weighted by Crippen LogP contribution is -2.68. The summed E-state index contributed by atoms with van der Waals surface area (Å²) in [5, 5.41) is 73.0. The summed E-state index contributed by atoms with van der Waals surface area (Å²) in [6.45, 7) is -0.967. The smallest absolute Gasteiger partial charge is 0.187 e. The molecule has 0 radical (unpaired) electrons. The number of hydrogen-bond acceptors (Lipinski definition) is 19. The summed E-state index contributed by atoms with van der Waals surface area (Å²) in [5.74, 6) is 0. The second kappa shape index (κ2) is 14.1. The molecule has 3 aliphatic heterocycles. The van der Waals surface area contributed by atoms with Crippen LogP contribution >= 0.6 is 0 Å². The fourth-order valence-electron chi connectivity index (χ4n) is 5.74. The molecule has 42 heavy (non-hydrogen) atoms. The van der Waals surface area contributed by atoms with Gasteiger partial charge in [0.1, 0.15) is 67.1 Å². The van der Waals surface area contributed by atoms with Gasteiger partial charge in [0.05, 0.1) is 24.8 Å². The molecule has 0 spiro atoms. The summed E-state index contributed by atoms with van der Waals surface area (Å²) in [6, 6.07) is -4.18. The molecule has 19 heteroatoms. The Labute approximate surface area is 241 Å². The lowest BCUT2D eigenvalue weighted by Gasteiger charge is -2.47. The van der Waals surface area contributed by atoms with E-state index in [-0.39, 0.29) is 19.5 Å². The highest BCUT2D eigenvalue weighted by Crippen LogP contribution is 2.34. The first-order valence-electron chi connectivity index (χ1n) is 13.9. The van der Waals surface area contributed by atoms with Crippen LogP contribution in [-0.4, -0.2) is 172 Å². The molecule has 4 fully saturated rings. The minimum absolute atomic E-state index is 0.0889. The van der Waals surface area contributed by atoms with Gasteiger partial charge >= 0.3 is 0 Å². The molecule has 0 bridgehead atoms. The maximum absolute atomic E-state index is 11.1. The van der Waals surface area contributed by atoms with Crippen molar-refractivity contribution in [2.45, 2.75) is 123 Å². The summed E-state index contributed by atoms with van der Waals surface area (Å²) in [4.78, 5) is 0. The minimum atomic E-state index is -1.60. The Hall–Kier alpha value is -0.760. The monoisotopic (exact) mass is 614 g/mol. The van der Waals surface area contributed by atoms with E-state index < -0.39 is 123 Å². The van der Waals surface area contributed by atoms with Crippen LogP contribution in [0.2, 0.25) is 0 Å². The van der Waals surface area contributed by atoms with Crippen LogP contribution in [0.15, 0.2) is 0 Å². The van der Waals surface area contributed by atoms with Crippen molar-refractivity contribution in [3.63, 3.8) is 0 Å². The van der Waals surface area contributed by atoms with Crippen molar-refractivity contribution in [2.75, 3.05) is 19.7 Å². The van der Waals surface area contributed by atoms with Gasteiger partial charge in [0.15, 0.2) is 18.9 Å². The van der Waals surface area contributed by atoms with Crippen LogP contribution < -0.4 is 34.4 Å². The van der Waals surface area contributed by atoms with Crippen LogP contribution in [0.3, 0.4) is 0 Å². The van der Waals surface area contributed by atoms with Gasteiger partial charge in [-0.1, -0.05) is 0 Å². The van der Waals surface area contributed by atoms with Crippen molar-refractivity contribution < 1.29 is 64.2 Å². The van der Waals surface area contributed by atoms with Crippen LogP contribution in [0.4, 0.5) is 0 Å². The van der Waals surface area contributed by atoms with Crippen LogP contribution in [0, 0.1) is 0 Å². The molecule has 3 heterocycles. The average Bonchev–Trinajstić information content (AvgIpc) is 3.27. The van der Waals surface area contributed by atoms with E-state index in [9.17, 15) is 35.7 Å². The van der Waals surface area contributed by atoms with Crippen molar-refractivity contribution in [1.29, 1.82) is 0 Å². The fraction of sp³-hybridized carbons (Fsp3) is 1.00. The molecule has 4 aliphatic rings. The number of aliphatic hydroxyl groups excluding tert-OH is 7. The molecule has 246 valence electrons. The Balaban J connectivity index is 1.50. The predicted molar refractivity (Wildman–Crippen MR) is 138 cm³/mol. The van der Waals surface area contributed by atoms with Gasteiger partial charge in [-0.3, -0.25) is 0 Å². The van der Waals surface area contributed by atoms with Crippen LogP contribution in [0.1, 0.15) is 6.42 Å². The third kappa shape index (κ3) is 6.60. The molecular formula is C23H46N6O13. The largest absolute Gasteiger partial charge is 0.394 e. The Morgan fingerprint density at radius 2 is 0.976 bits per heavy atom. The van der Waals surface area contributed by atoms with Gasteiger partial charge < -0.3 is 98.6 Å². The van der Waals surface area contributed by atoms with Gasteiger partial charge in [-0.05, 0) is 6.42 Å². The third-order valence-electron chi connectivity index (χ3n) is 8.37. The average molecular weight is 615 g/mol. The first-order chi connectivity index (χ1) is 19.8. The molecule has 19 nitrogen and oxygen atoms in total. The highest BCUT2D eigenvalue weighted by Gasteiger charge is 2.54. The third-order valence-corrected chi connectivity index (χ3v) is 8.37. The molecule has 0 aromatic rings. The SMILES string of the molecule is NC[C@@H]1O[C@H](O[C@H]2[C@@H](O)[C@H](O[C@H]3[C@@H](O)[C@@H](N)C[C@@H](N)[C@H]3O[C@H]3O[C@@H](CN)[C@@H](O)[C@@H](O)[C@H]3N)O[C@@H]2CO)[C@H](N)[C@@H](O)[C@@H]1O. The van der Waals surface area contributed by atoms with E-state index in [1.165, 1.54) is 0 Å². The minimum Gasteiger partial charge on any atom is -0.394 e. The maximum Gasteiger partial charge on any atom is 0.187 e. The second-order valence-electron chi connectivity index (χ2n) is 11.2. The van der Waals surface area contributed by atoms with Gasteiger partial charge in [-0.15, -0.1) is 0 Å². The zero-order valence-electron chi connectivity index (χ0n) is 22.8. The number of rotatable bonds is 9. The van der Waals surface area contributed by atoms with Crippen molar-refractivity contribution >= 4 is 0 Å². The molecule has 4 rings (SSSR count). The van der Waals surface area contributed by atoms with E-state index >= 15 is 0 Å². The topological polar surface area (TPSA) is 353 Å². The lowest BCUT2D eigenvalue weighted by molar-refractivity contribution is -0.306. The van der Waals surface area contributed by atoms with E-state index in [2.05, 4.69) is 0 Å². The number of ether oxygens (including phenoxy) is 6. The van der Waals surface area contributed by atoms with Gasteiger partial charge in [0.2, 0.25) is 0 Å². The molecule has 0 aromatic carbocycles. The summed E-state index contributed by atoms with van der Waals surface area (Å²) >= 11 is 0. The number of aliphatic hydroxyl groups is 7. The normalized spacial score (nSPS) is 53.8. The molecule has 3 saturated heterocycles. The zero-order valence-corrected chi connectivity index (χ0v) is 22.8. The first kappa shape index (κ1) is 34.1. The van der Waals surface area contributed by atoms with Crippen LogP contribution in [-0.2, 0) is 28.4 Å². The quantitative estimate of drug-likeness (QED) is 0.115. The Morgan fingerprint density at radius 1 is 0.524 bits per heavy atom. The van der Waals surface area contributed by atoms with Crippen molar-refractivity contribution in [1.82, 2.24) is 0 Å². The molecule has 1 saturated carbocycles. The van der Waals surface area contributed by atoms with Crippen molar-refractivity contribution in [3.8, 4) is 0 Å². The molecule has 1 aliphatic carbocycles. The predicted octanol–water partition coefficient (Wildman–Crippen LogP) is -8.90. The zero-order chi connectivity index (χ0) is 31.0. The standard InChI is InChI=1S/C23H46N6O13/c24-2-7-13(32)15(34)10(28)21(37-7)40-18-6(27)1-5(26)12(31)20(18)42-23-17(36)19(9(4-30)39-23)41-22-11(29)16(35)14(33)8(3-25)38-22/h5-23,30-36H,1-4,24-29H2/t5-,6+,7-,8-,9+,10+,11+,12-,13+,14+,15-,16+,17+,18+,19+,20-,21+,22+,23-/m0/s1. The molecule has 0 amide bonds. The van der Waals surface area contributed by atoms with Crippen molar-refractivity contribution in [3.05, 3.63) is 0 Å². The van der Waals surface area contributed by atoms with Gasteiger partial charge in [-0.2, -0.15) is 0 Å². The summed E-state index contributed by atoms with van der Waals surface area (Å²) in [5.41, 5.74) is 35.6. The van der Waals surface area contributed by atoms with E-state index in [1.54, 1.807) is 0 Å². The van der Waals surface area contributed by atoms with E-state index in [4.69, 9.17) is 62.8 Å². The van der Waals surface area contributed by atoms with Gasteiger partial charge in [0, 0.05) is 25.2 Å². The molecular weight excluding hydrogens is 568 g/mol. The number of nitrogens with two attached hydrogens (primary N) is 6. The highest BCUT2D eigenvalue weighted by atomic mass is 16.8. The Bertz CT molecular complexity index is 868. The maximum atomic E-state index is 11.1. The van der Waals surface area contributed by atoms with Crippen molar-refractivity contribution in [2.24, 2.45) is 34.4 Å². The summed E-state index contributed by atoms with van der Waals surface area (Å²) in [7, 11) is 0. The van der Waals surface area contributed by atoms with Gasteiger partial charge in [0.25, 0.3) is 0 Å². The molecule has 19 N–H and O–H groups in total. The summed E-state index contributed by atoms with van der Waals surface area (Å²) in [6.07, 6.45) is -19.8. The number of hydrogen-bond donors (Lipinski definition) is 13. The Kier molecular flexibility index (Phi) is 11.5. The second-order valence-corrected chi connectivity index (χ2v) is 11.2. The highest BCUT2D eigenvalue weighted by molar-refractivity contribution is 5.02. The van der Waals surface area contributed by atoms with Crippen LogP contribution in [0.25, 0.3) is 0 Å². The van der Waals surface area contributed by atoms with E-state index in [1.807, 2.05) is 0 Å². The van der Waals surface area contributed by atoms with Gasteiger partial charge in [-0.25, -0.2) is 0 Å². The molecule has 0 aromatic heterocycles. The molecule has 19 atom stereocenters. The first-order valence-corrected chi connectivity index (χ1v) is 13.9. The lowest BCUT2D eigenvalue weighted by atomic mass is 9.84. The molecule has 0 unspecified atom stereocenters. The fourth-order valence-corrected chi connectivity index (χ4v) is 5.74.